The normalized spacial score (nSPS) is 11.5. The fourth-order valence-electron chi connectivity index (χ4n) is 1.46. The average molecular weight is 307 g/mol. The summed E-state index contributed by atoms with van der Waals surface area (Å²) in [5.74, 6) is 5.70. The highest BCUT2D eigenvalue weighted by Gasteiger charge is 2.11. The van der Waals surface area contributed by atoms with Crippen LogP contribution in [0.3, 0.4) is 0 Å². The third-order valence-electron chi connectivity index (χ3n) is 2.47. The van der Waals surface area contributed by atoms with Gasteiger partial charge >= 0.3 is 6.03 Å². The predicted octanol–water partition coefficient (Wildman–Crippen LogP) is 2.31. The highest BCUT2D eigenvalue weighted by molar-refractivity contribution is 7.13. The van der Waals surface area contributed by atoms with Crippen molar-refractivity contribution in [3.8, 4) is 11.8 Å². The van der Waals surface area contributed by atoms with E-state index in [-0.39, 0.29) is 0 Å². The van der Waals surface area contributed by atoms with Gasteiger partial charge in [-0.3, -0.25) is 5.21 Å². The van der Waals surface area contributed by atoms with Crippen LogP contribution in [0.4, 0.5) is 4.79 Å². The summed E-state index contributed by atoms with van der Waals surface area (Å²) < 4.78 is 0. The third kappa shape index (κ3) is 3.81. The number of amides is 2. The van der Waals surface area contributed by atoms with Gasteiger partial charge in [0.15, 0.2) is 0 Å². The Kier molecular flexibility index (Phi) is 4.74. The Labute approximate surface area is 124 Å². The molecule has 0 aromatic carbocycles. The van der Waals surface area contributed by atoms with Gasteiger partial charge in [-0.15, -0.1) is 22.7 Å². The van der Waals surface area contributed by atoms with Crippen LogP contribution in [0.5, 0.6) is 0 Å². The molecule has 0 aliphatic rings. The summed E-state index contributed by atoms with van der Waals surface area (Å²) in [7, 11) is 0. The molecule has 0 fully saturated rings. The van der Waals surface area contributed by atoms with Gasteiger partial charge in [-0.25, -0.2) is 9.78 Å². The van der Waals surface area contributed by atoms with Crippen molar-refractivity contribution in [2.75, 3.05) is 0 Å². The van der Waals surface area contributed by atoms with E-state index in [0.29, 0.717) is 5.06 Å². The molecule has 2 aromatic heterocycles. The van der Waals surface area contributed by atoms with E-state index < -0.39 is 12.1 Å². The van der Waals surface area contributed by atoms with Crippen molar-refractivity contribution in [1.29, 1.82) is 0 Å². The molecule has 1 atom stereocenters. The van der Waals surface area contributed by atoms with Gasteiger partial charge in [0, 0.05) is 22.9 Å². The van der Waals surface area contributed by atoms with E-state index in [1.807, 2.05) is 17.5 Å². The highest BCUT2D eigenvalue weighted by Crippen LogP contribution is 2.20. The molecule has 7 heteroatoms. The SMILES string of the molecule is C[C@H](C#Cc1ccc(Cc2nccs2)s1)N(O)C(N)=O. The molecular formula is C13H13N3O2S2. The van der Waals surface area contributed by atoms with Crippen LogP contribution in [-0.4, -0.2) is 27.3 Å². The van der Waals surface area contributed by atoms with Crippen LogP contribution in [-0.2, 0) is 6.42 Å². The summed E-state index contributed by atoms with van der Waals surface area (Å²) in [5, 5.41) is 12.7. The van der Waals surface area contributed by atoms with Gasteiger partial charge in [0.25, 0.3) is 0 Å². The van der Waals surface area contributed by atoms with E-state index in [4.69, 9.17) is 5.73 Å². The van der Waals surface area contributed by atoms with Crippen molar-refractivity contribution in [2.24, 2.45) is 5.73 Å². The first kappa shape index (κ1) is 14.5. The van der Waals surface area contributed by atoms with E-state index in [9.17, 15) is 10.0 Å². The van der Waals surface area contributed by atoms with Crippen LogP contribution in [0, 0.1) is 11.8 Å². The molecule has 0 aliphatic heterocycles. The summed E-state index contributed by atoms with van der Waals surface area (Å²) in [4.78, 5) is 17.0. The van der Waals surface area contributed by atoms with Crippen LogP contribution in [0.25, 0.3) is 0 Å². The van der Waals surface area contributed by atoms with E-state index >= 15 is 0 Å². The molecule has 5 nitrogen and oxygen atoms in total. The molecule has 0 bridgehead atoms. The van der Waals surface area contributed by atoms with Crippen molar-refractivity contribution in [1.82, 2.24) is 10.0 Å². The zero-order chi connectivity index (χ0) is 14.5. The van der Waals surface area contributed by atoms with Crippen molar-refractivity contribution in [3.05, 3.63) is 38.5 Å². The summed E-state index contributed by atoms with van der Waals surface area (Å²) in [6.07, 6.45) is 2.59. The molecule has 3 N–H and O–H groups in total. The molecule has 104 valence electrons. The van der Waals surface area contributed by atoms with E-state index in [2.05, 4.69) is 16.8 Å². The number of urea groups is 1. The van der Waals surface area contributed by atoms with Crippen molar-refractivity contribution in [3.63, 3.8) is 0 Å². The van der Waals surface area contributed by atoms with Gasteiger partial charge in [-0.1, -0.05) is 11.8 Å². The number of thiazole rings is 1. The number of thiophene rings is 1. The third-order valence-corrected chi connectivity index (χ3v) is 4.25. The van der Waals surface area contributed by atoms with Gasteiger partial charge in [-0.2, -0.15) is 5.06 Å². The first-order valence-corrected chi connectivity index (χ1v) is 7.52. The maximum absolute atomic E-state index is 10.8. The number of hydrogen-bond donors (Lipinski definition) is 2. The molecule has 2 rings (SSSR count). The Morgan fingerprint density at radius 2 is 2.40 bits per heavy atom. The lowest BCUT2D eigenvalue weighted by molar-refractivity contribution is -0.0536. The summed E-state index contributed by atoms with van der Waals surface area (Å²) in [6, 6.07) is 2.37. The van der Waals surface area contributed by atoms with Gasteiger partial charge in [0.1, 0.15) is 6.04 Å². The fourth-order valence-corrected chi connectivity index (χ4v) is 3.06. The van der Waals surface area contributed by atoms with Crippen LogP contribution >= 0.6 is 22.7 Å². The number of primary amides is 1. The smallest absolute Gasteiger partial charge is 0.339 e. The number of hydroxylamine groups is 2. The highest BCUT2D eigenvalue weighted by atomic mass is 32.1. The maximum atomic E-state index is 10.8. The number of nitrogens with zero attached hydrogens (tertiary/aromatic N) is 2. The van der Waals surface area contributed by atoms with Gasteiger partial charge < -0.3 is 5.73 Å². The monoisotopic (exact) mass is 307 g/mol. The van der Waals surface area contributed by atoms with E-state index in [1.165, 1.54) is 4.88 Å². The largest absolute Gasteiger partial charge is 0.350 e. The Balaban J connectivity index is 2.01. The van der Waals surface area contributed by atoms with E-state index in [1.54, 1.807) is 35.8 Å². The first-order chi connectivity index (χ1) is 9.56. The number of nitrogens with two attached hydrogens (primary N) is 1. The quantitative estimate of drug-likeness (QED) is 0.519. The molecule has 0 saturated carbocycles. The molecule has 2 aromatic rings. The zero-order valence-electron chi connectivity index (χ0n) is 10.7. The zero-order valence-corrected chi connectivity index (χ0v) is 12.4. The molecule has 0 aliphatic carbocycles. The minimum Gasteiger partial charge on any atom is -0.350 e. The Morgan fingerprint density at radius 1 is 1.60 bits per heavy atom. The van der Waals surface area contributed by atoms with E-state index in [0.717, 1.165) is 16.3 Å². The van der Waals surface area contributed by atoms with Crippen LogP contribution in [0.15, 0.2) is 23.7 Å². The fraction of sp³-hybridized carbons (Fsp3) is 0.231. The second-order valence-electron chi connectivity index (χ2n) is 4.00. The predicted molar refractivity (Wildman–Crippen MR) is 78.8 cm³/mol. The lowest BCUT2D eigenvalue weighted by atomic mass is 10.3. The second kappa shape index (κ2) is 6.52. The van der Waals surface area contributed by atoms with Gasteiger partial charge in [0.05, 0.1) is 9.88 Å². The standard InChI is InChI=1S/C13H13N3O2S2/c1-9(16(18)13(14)17)2-3-10-4-5-11(20-10)8-12-15-6-7-19-12/h4-7,9,18H,8H2,1H3,(H2,14,17)/t9-/m1/s1. The molecule has 0 radical (unpaired) electrons. The van der Waals surface area contributed by atoms with Crippen molar-refractivity contribution >= 4 is 28.7 Å². The molecule has 2 amide bonds. The van der Waals surface area contributed by atoms with Crippen LogP contribution in [0.1, 0.15) is 21.7 Å². The first-order valence-electron chi connectivity index (χ1n) is 5.82. The number of carbonyl (C=O) groups is 1. The van der Waals surface area contributed by atoms with Gasteiger partial charge in [-0.05, 0) is 19.1 Å². The average Bonchev–Trinajstić information content (AvgIpc) is 3.07. The lowest BCUT2D eigenvalue weighted by Crippen LogP contribution is -2.38. The summed E-state index contributed by atoms with van der Waals surface area (Å²) >= 11 is 3.19. The minimum atomic E-state index is -0.914. The maximum Gasteiger partial charge on any atom is 0.339 e. The number of hydrogen-bond acceptors (Lipinski definition) is 5. The number of aromatic nitrogens is 1. The van der Waals surface area contributed by atoms with Gasteiger partial charge in [0.2, 0.25) is 0 Å². The second-order valence-corrected chi connectivity index (χ2v) is 6.14. The van der Waals surface area contributed by atoms with Crippen molar-refractivity contribution in [2.45, 2.75) is 19.4 Å². The Morgan fingerprint density at radius 3 is 3.05 bits per heavy atom. The number of rotatable bonds is 3. The Hall–Kier alpha value is -1.88. The Bertz CT molecular complexity index is 640. The molecule has 2 heterocycles. The molecular weight excluding hydrogens is 294 g/mol. The lowest BCUT2D eigenvalue weighted by Gasteiger charge is -2.14. The topological polar surface area (TPSA) is 79.4 Å². The van der Waals surface area contributed by atoms with Crippen LogP contribution in [0.2, 0.25) is 0 Å². The number of carbonyl (C=O) groups excluding carboxylic acids is 1. The van der Waals surface area contributed by atoms with Crippen LogP contribution < -0.4 is 5.73 Å². The summed E-state index contributed by atoms with van der Waals surface area (Å²) in [6.45, 7) is 1.60. The van der Waals surface area contributed by atoms with Crippen molar-refractivity contribution < 1.29 is 10.0 Å². The molecule has 20 heavy (non-hydrogen) atoms. The molecule has 0 unspecified atom stereocenters. The molecule has 0 saturated heterocycles. The molecule has 0 spiro atoms. The summed E-state index contributed by atoms with van der Waals surface area (Å²) in [5.41, 5.74) is 4.95. The minimum absolute atomic E-state index is 0.414.